The van der Waals surface area contributed by atoms with Crippen molar-refractivity contribution in [3.8, 4) is 11.5 Å². The van der Waals surface area contributed by atoms with E-state index in [1.807, 2.05) is 12.1 Å². The Balaban J connectivity index is 2.23. The molecule has 1 fully saturated rings. The van der Waals surface area contributed by atoms with Gasteiger partial charge in [-0.3, -0.25) is 0 Å². The van der Waals surface area contributed by atoms with E-state index >= 15 is 0 Å². The highest BCUT2D eigenvalue weighted by molar-refractivity contribution is 9.10. The average molecular weight is 314 g/mol. The summed E-state index contributed by atoms with van der Waals surface area (Å²) in [6, 6.07) is 4.44. The zero-order chi connectivity index (χ0) is 13.0. The van der Waals surface area contributed by atoms with Gasteiger partial charge in [-0.15, -0.1) is 0 Å². The first kappa shape index (κ1) is 13.7. The maximum atomic E-state index is 5.45. The molecule has 0 aromatic heterocycles. The number of methoxy groups -OCH3 is 2. The van der Waals surface area contributed by atoms with Crippen LogP contribution < -0.4 is 14.8 Å². The predicted octanol–water partition coefficient (Wildman–Crippen LogP) is 3.15. The van der Waals surface area contributed by atoms with Crippen LogP contribution in [-0.2, 0) is 6.42 Å². The third-order valence-corrected chi connectivity index (χ3v) is 4.34. The van der Waals surface area contributed by atoms with Crippen molar-refractivity contribution in [2.45, 2.75) is 31.7 Å². The van der Waals surface area contributed by atoms with Gasteiger partial charge in [0.05, 0.1) is 18.7 Å². The summed E-state index contributed by atoms with van der Waals surface area (Å²) in [6.45, 7) is 1.12. The van der Waals surface area contributed by atoms with Crippen LogP contribution in [0, 0.1) is 0 Å². The molecule has 0 radical (unpaired) electrons. The van der Waals surface area contributed by atoms with E-state index in [1.165, 1.54) is 24.8 Å². The van der Waals surface area contributed by atoms with Crippen LogP contribution >= 0.6 is 15.9 Å². The van der Waals surface area contributed by atoms with E-state index in [2.05, 4.69) is 21.2 Å². The van der Waals surface area contributed by atoms with E-state index in [0.29, 0.717) is 6.04 Å². The third kappa shape index (κ3) is 2.98. The molecule has 1 unspecified atom stereocenters. The van der Waals surface area contributed by atoms with E-state index in [-0.39, 0.29) is 0 Å². The van der Waals surface area contributed by atoms with Crippen LogP contribution in [0.4, 0.5) is 0 Å². The first-order valence-corrected chi connectivity index (χ1v) is 7.18. The largest absolute Gasteiger partial charge is 0.496 e. The van der Waals surface area contributed by atoms with Gasteiger partial charge >= 0.3 is 0 Å². The minimum absolute atomic E-state index is 0.538. The van der Waals surface area contributed by atoms with Gasteiger partial charge in [0.2, 0.25) is 0 Å². The number of hydrogen-bond donors (Lipinski definition) is 1. The van der Waals surface area contributed by atoms with Crippen molar-refractivity contribution < 1.29 is 9.47 Å². The first-order chi connectivity index (χ1) is 8.76. The van der Waals surface area contributed by atoms with Crippen LogP contribution in [0.5, 0.6) is 11.5 Å². The smallest absolute Gasteiger partial charge is 0.133 e. The molecule has 1 aromatic carbocycles. The summed E-state index contributed by atoms with van der Waals surface area (Å²) in [5.74, 6) is 1.79. The zero-order valence-electron chi connectivity index (χ0n) is 11.0. The van der Waals surface area contributed by atoms with Crippen molar-refractivity contribution in [3.05, 3.63) is 22.2 Å². The molecule has 2 rings (SSSR count). The predicted molar refractivity (Wildman–Crippen MR) is 76.6 cm³/mol. The van der Waals surface area contributed by atoms with Crippen LogP contribution in [0.15, 0.2) is 16.6 Å². The maximum absolute atomic E-state index is 5.45. The molecule has 1 aliphatic rings. The summed E-state index contributed by atoms with van der Waals surface area (Å²) in [7, 11) is 3.40. The molecule has 100 valence electrons. The van der Waals surface area contributed by atoms with Crippen molar-refractivity contribution in [3.63, 3.8) is 0 Å². The summed E-state index contributed by atoms with van der Waals surface area (Å²) < 4.78 is 11.8. The molecule has 1 saturated heterocycles. The van der Waals surface area contributed by atoms with E-state index in [4.69, 9.17) is 9.47 Å². The molecular formula is C14H20BrNO2. The number of ether oxygens (including phenoxy) is 2. The normalized spacial score (nSPS) is 19.6. The number of piperidine rings is 1. The number of nitrogens with one attached hydrogen (secondary N) is 1. The second kappa shape index (κ2) is 6.43. The Kier molecular flexibility index (Phi) is 4.89. The molecule has 0 amide bonds. The van der Waals surface area contributed by atoms with Gasteiger partial charge in [0.1, 0.15) is 11.5 Å². The summed E-state index contributed by atoms with van der Waals surface area (Å²) in [6.07, 6.45) is 4.79. The fourth-order valence-electron chi connectivity index (χ4n) is 2.47. The van der Waals surface area contributed by atoms with Crippen molar-refractivity contribution >= 4 is 15.9 Å². The highest BCUT2D eigenvalue weighted by Gasteiger charge is 2.19. The van der Waals surface area contributed by atoms with Crippen molar-refractivity contribution in [1.29, 1.82) is 0 Å². The van der Waals surface area contributed by atoms with Crippen LogP contribution in [0.25, 0.3) is 0 Å². The highest BCUT2D eigenvalue weighted by Crippen LogP contribution is 2.36. The maximum Gasteiger partial charge on any atom is 0.133 e. The Labute approximate surface area is 117 Å². The second-order valence-corrected chi connectivity index (χ2v) is 5.41. The molecule has 1 heterocycles. The fraction of sp³-hybridized carbons (Fsp3) is 0.571. The first-order valence-electron chi connectivity index (χ1n) is 6.39. The minimum Gasteiger partial charge on any atom is -0.496 e. The van der Waals surface area contributed by atoms with E-state index in [0.717, 1.165) is 28.9 Å². The monoisotopic (exact) mass is 313 g/mol. The van der Waals surface area contributed by atoms with E-state index in [1.54, 1.807) is 14.2 Å². The highest BCUT2D eigenvalue weighted by atomic mass is 79.9. The SMILES string of the molecule is COc1ccc(OC)c(CC2CCCCN2)c1Br. The molecule has 0 saturated carbocycles. The Morgan fingerprint density at radius 1 is 1.22 bits per heavy atom. The summed E-state index contributed by atoms with van der Waals surface area (Å²) in [5, 5.41) is 3.57. The van der Waals surface area contributed by atoms with Gasteiger partial charge in [-0.1, -0.05) is 6.42 Å². The lowest BCUT2D eigenvalue weighted by Gasteiger charge is -2.25. The van der Waals surface area contributed by atoms with Gasteiger partial charge in [-0.2, -0.15) is 0 Å². The van der Waals surface area contributed by atoms with Gasteiger partial charge in [-0.05, 0) is 53.9 Å². The number of halogens is 1. The molecule has 18 heavy (non-hydrogen) atoms. The van der Waals surface area contributed by atoms with Gasteiger partial charge < -0.3 is 14.8 Å². The molecule has 1 N–H and O–H groups in total. The Morgan fingerprint density at radius 3 is 2.56 bits per heavy atom. The molecule has 1 aromatic rings. The lowest BCUT2D eigenvalue weighted by atomic mass is 9.97. The summed E-state index contributed by atoms with van der Waals surface area (Å²) in [5.41, 5.74) is 1.19. The fourth-order valence-corrected chi connectivity index (χ4v) is 3.12. The average Bonchev–Trinajstić information content (AvgIpc) is 2.42. The van der Waals surface area contributed by atoms with Crippen molar-refractivity contribution in [1.82, 2.24) is 5.32 Å². The quantitative estimate of drug-likeness (QED) is 0.926. The van der Waals surface area contributed by atoms with Gasteiger partial charge in [0.25, 0.3) is 0 Å². The molecule has 1 atom stereocenters. The summed E-state index contributed by atoms with van der Waals surface area (Å²) in [4.78, 5) is 0. The standard InChI is InChI=1S/C14H20BrNO2/c1-17-12-6-7-13(18-2)14(15)11(12)9-10-5-3-4-8-16-10/h6-7,10,16H,3-5,8-9H2,1-2H3. The van der Waals surface area contributed by atoms with Gasteiger partial charge in [0.15, 0.2) is 0 Å². The molecule has 3 nitrogen and oxygen atoms in total. The number of rotatable bonds is 4. The molecule has 4 heteroatoms. The zero-order valence-corrected chi connectivity index (χ0v) is 12.5. The van der Waals surface area contributed by atoms with Crippen LogP contribution in [-0.4, -0.2) is 26.8 Å². The Morgan fingerprint density at radius 2 is 1.94 bits per heavy atom. The topological polar surface area (TPSA) is 30.5 Å². The molecule has 0 bridgehead atoms. The molecule has 1 aliphatic heterocycles. The van der Waals surface area contributed by atoms with Crippen molar-refractivity contribution in [2.75, 3.05) is 20.8 Å². The number of benzene rings is 1. The lowest BCUT2D eigenvalue weighted by Crippen LogP contribution is -2.35. The molecule has 0 aliphatic carbocycles. The summed E-state index contributed by atoms with van der Waals surface area (Å²) >= 11 is 3.63. The van der Waals surface area contributed by atoms with Crippen LogP contribution in [0.3, 0.4) is 0 Å². The van der Waals surface area contributed by atoms with Gasteiger partial charge in [-0.25, -0.2) is 0 Å². The second-order valence-electron chi connectivity index (χ2n) is 4.61. The van der Waals surface area contributed by atoms with E-state index < -0.39 is 0 Å². The van der Waals surface area contributed by atoms with Crippen molar-refractivity contribution in [2.24, 2.45) is 0 Å². The third-order valence-electron chi connectivity index (χ3n) is 3.47. The minimum atomic E-state index is 0.538. The van der Waals surface area contributed by atoms with E-state index in [9.17, 15) is 0 Å². The van der Waals surface area contributed by atoms with Crippen LogP contribution in [0.1, 0.15) is 24.8 Å². The number of hydrogen-bond acceptors (Lipinski definition) is 3. The Hall–Kier alpha value is -0.740. The molecular weight excluding hydrogens is 294 g/mol. The van der Waals surface area contributed by atoms with Crippen LogP contribution in [0.2, 0.25) is 0 Å². The van der Waals surface area contributed by atoms with Gasteiger partial charge in [0, 0.05) is 11.6 Å². The molecule has 0 spiro atoms. The lowest BCUT2D eigenvalue weighted by molar-refractivity contribution is 0.375. The Bertz CT molecular complexity index is 403.